The highest BCUT2D eigenvalue weighted by molar-refractivity contribution is 8.26. The molecule has 1 aliphatic rings. The van der Waals surface area contributed by atoms with Gasteiger partial charge in [-0.3, -0.25) is 19.3 Å². The molecule has 2 aromatic carbocycles. The predicted molar refractivity (Wildman–Crippen MR) is 150 cm³/mol. The van der Waals surface area contributed by atoms with Crippen molar-refractivity contribution in [1.29, 1.82) is 0 Å². The van der Waals surface area contributed by atoms with E-state index >= 15 is 0 Å². The smallest absolute Gasteiger partial charge is 0.335 e. The van der Waals surface area contributed by atoms with E-state index in [-0.39, 0.29) is 40.0 Å². The van der Waals surface area contributed by atoms with Gasteiger partial charge in [-0.05, 0) is 59.0 Å². The molecule has 0 aliphatic carbocycles. The summed E-state index contributed by atoms with van der Waals surface area (Å²) in [5.74, 6) is -4.55. The number of halogens is 2. The first-order valence-corrected chi connectivity index (χ1v) is 13.4. The topological polar surface area (TPSA) is 116 Å². The summed E-state index contributed by atoms with van der Waals surface area (Å²) >= 11 is 7.72. The van der Waals surface area contributed by atoms with Gasteiger partial charge in [0.05, 0.1) is 10.5 Å². The van der Waals surface area contributed by atoms with Crippen LogP contribution in [0.5, 0.6) is 0 Å². The van der Waals surface area contributed by atoms with Gasteiger partial charge in [-0.15, -0.1) is 11.3 Å². The maximum atomic E-state index is 13.6. The Morgan fingerprint density at radius 2 is 1.79 bits per heavy atom. The first-order valence-electron chi connectivity index (χ1n) is 11.3. The molecule has 200 valence electrons. The van der Waals surface area contributed by atoms with Crippen LogP contribution in [-0.4, -0.2) is 51.6 Å². The van der Waals surface area contributed by atoms with Gasteiger partial charge in [0.1, 0.15) is 4.32 Å². The maximum Gasteiger partial charge on any atom is 0.335 e. The summed E-state index contributed by atoms with van der Waals surface area (Å²) in [5.41, 5.74) is 1.19. The van der Waals surface area contributed by atoms with Crippen molar-refractivity contribution in [2.45, 2.75) is 6.42 Å². The number of thiocarbonyl (C=S) groups is 1. The van der Waals surface area contributed by atoms with Gasteiger partial charge in [-0.1, -0.05) is 30.0 Å². The van der Waals surface area contributed by atoms with Crippen LogP contribution in [0.2, 0.25) is 0 Å². The average molecular weight is 588 g/mol. The number of nitrogens with one attached hydrogen (secondary N) is 2. The summed E-state index contributed by atoms with van der Waals surface area (Å²) in [6, 6.07) is 9.13. The highest BCUT2D eigenvalue weighted by Crippen LogP contribution is 2.35. The quantitative estimate of drug-likeness (QED) is 0.252. The second-order valence-electron chi connectivity index (χ2n) is 8.18. The lowest BCUT2D eigenvalue weighted by Gasteiger charge is -2.14. The number of anilines is 1. The van der Waals surface area contributed by atoms with Gasteiger partial charge in [0.15, 0.2) is 11.6 Å². The van der Waals surface area contributed by atoms with Crippen molar-refractivity contribution in [1.82, 2.24) is 10.2 Å². The van der Waals surface area contributed by atoms with Gasteiger partial charge < -0.3 is 15.7 Å². The average Bonchev–Trinajstić information content (AvgIpc) is 3.47. The number of nitrogens with zero attached hydrogens (tertiary/aromatic N) is 1. The van der Waals surface area contributed by atoms with E-state index in [1.807, 2.05) is 0 Å². The molecule has 1 aromatic heterocycles. The molecule has 0 bridgehead atoms. The zero-order chi connectivity index (χ0) is 28.3. The third-order valence-electron chi connectivity index (χ3n) is 5.54. The summed E-state index contributed by atoms with van der Waals surface area (Å²) in [4.78, 5) is 51.2. The molecular weight excluding hydrogens is 568 g/mol. The summed E-state index contributed by atoms with van der Waals surface area (Å²) < 4.78 is 27.1. The number of thioether (sulfide) groups is 1. The zero-order valence-corrected chi connectivity index (χ0v) is 22.6. The Balaban J connectivity index is 1.41. The second-order valence-corrected chi connectivity index (χ2v) is 10.8. The number of aromatic carboxylic acids is 1. The van der Waals surface area contributed by atoms with Gasteiger partial charge in [0.2, 0.25) is 5.91 Å². The summed E-state index contributed by atoms with van der Waals surface area (Å²) in [7, 11) is 1.40. The minimum Gasteiger partial charge on any atom is -0.478 e. The molecule has 0 saturated carbocycles. The number of thiophene rings is 1. The number of carbonyl (C=O) groups is 4. The lowest BCUT2D eigenvalue weighted by molar-refractivity contribution is -0.122. The molecule has 13 heteroatoms. The Hall–Kier alpha value is -3.94. The molecule has 0 radical (unpaired) electrons. The van der Waals surface area contributed by atoms with Gasteiger partial charge in [-0.25, -0.2) is 13.6 Å². The third-order valence-corrected chi connectivity index (χ3v) is 7.79. The molecule has 1 aliphatic heterocycles. The molecule has 3 amide bonds. The van der Waals surface area contributed by atoms with Crippen molar-refractivity contribution in [3.8, 4) is 11.1 Å². The van der Waals surface area contributed by atoms with Crippen LogP contribution < -0.4 is 10.6 Å². The molecule has 39 heavy (non-hydrogen) atoms. The molecule has 0 unspecified atom stereocenters. The van der Waals surface area contributed by atoms with Crippen LogP contribution in [-0.2, 0) is 9.59 Å². The number of amides is 3. The van der Waals surface area contributed by atoms with Crippen LogP contribution in [0.1, 0.15) is 32.0 Å². The minimum absolute atomic E-state index is 0.0146. The van der Waals surface area contributed by atoms with Crippen LogP contribution in [0, 0.1) is 11.6 Å². The highest BCUT2D eigenvalue weighted by Gasteiger charge is 2.32. The van der Waals surface area contributed by atoms with Gasteiger partial charge in [0.25, 0.3) is 11.8 Å². The lowest BCUT2D eigenvalue weighted by Crippen LogP contribution is -2.31. The maximum absolute atomic E-state index is 13.6. The molecule has 1 fully saturated rings. The van der Waals surface area contributed by atoms with Crippen molar-refractivity contribution < 1.29 is 33.1 Å². The molecular formula is C26H19F2N3O5S3. The van der Waals surface area contributed by atoms with E-state index in [2.05, 4.69) is 10.6 Å². The van der Waals surface area contributed by atoms with E-state index in [1.165, 1.54) is 47.5 Å². The highest BCUT2D eigenvalue weighted by atomic mass is 32.2. The standard InChI is InChI=1S/C26H19F2N3O5S3/c1-29-23(33)14-6-15(25(35)36)8-17(7-14)30-22(32)4-5-31-24(34)21(39-26(31)37)11-18-9-16(12-38-18)13-2-3-19(27)20(28)10-13/h2-3,6-12H,4-5H2,1H3,(H,29,33)(H,30,32)(H,35,36)/b21-11-. The van der Waals surface area contributed by atoms with Crippen LogP contribution in [0.3, 0.4) is 0 Å². The predicted octanol–water partition coefficient (Wildman–Crippen LogP) is 4.98. The zero-order valence-electron chi connectivity index (χ0n) is 20.1. The fraction of sp³-hybridized carbons (Fsp3) is 0.115. The first-order chi connectivity index (χ1) is 18.5. The molecule has 3 aromatic rings. The van der Waals surface area contributed by atoms with Crippen LogP contribution in [0.15, 0.2) is 52.7 Å². The summed E-state index contributed by atoms with van der Waals surface area (Å²) in [6.07, 6.45) is 1.51. The number of carboxylic acid groups (broad SMARTS) is 1. The Kier molecular flexibility index (Phi) is 8.53. The number of benzene rings is 2. The fourth-order valence-corrected chi connectivity index (χ4v) is 5.84. The van der Waals surface area contributed by atoms with E-state index in [1.54, 1.807) is 17.5 Å². The SMILES string of the molecule is CNC(=O)c1cc(NC(=O)CCN2C(=O)/C(=C/c3cc(-c4ccc(F)c(F)c4)cs3)SC2=S)cc(C(=O)O)c1. The first kappa shape index (κ1) is 28.1. The van der Waals surface area contributed by atoms with E-state index in [0.29, 0.717) is 20.9 Å². The van der Waals surface area contributed by atoms with Crippen LogP contribution in [0.25, 0.3) is 17.2 Å². The number of carboxylic acids is 1. The Morgan fingerprint density at radius 1 is 1.05 bits per heavy atom. The fourth-order valence-electron chi connectivity index (χ4n) is 3.61. The third kappa shape index (κ3) is 6.56. The van der Waals surface area contributed by atoms with Crippen LogP contribution in [0.4, 0.5) is 14.5 Å². The second kappa shape index (κ2) is 11.8. The summed E-state index contributed by atoms with van der Waals surface area (Å²) in [5, 5.41) is 16.0. The number of rotatable bonds is 8. The normalized spacial score (nSPS) is 14.1. The molecule has 8 nitrogen and oxygen atoms in total. The molecule has 3 N–H and O–H groups in total. The molecule has 0 spiro atoms. The van der Waals surface area contributed by atoms with Gasteiger partial charge in [0, 0.05) is 36.1 Å². The van der Waals surface area contributed by atoms with Crippen molar-refractivity contribution in [2.24, 2.45) is 0 Å². The Bertz CT molecular complexity index is 1550. The van der Waals surface area contributed by atoms with E-state index in [0.717, 1.165) is 23.9 Å². The summed E-state index contributed by atoms with van der Waals surface area (Å²) in [6.45, 7) is -0.0146. The van der Waals surface area contributed by atoms with E-state index in [9.17, 15) is 33.1 Å². The minimum atomic E-state index is -1.26. The van der Waals surface area contributed by atoms with Gasteiger partial charge in [-0.2, -0.15) is 0 Å². The monoisotopic (exact) mass is 587 g/mol. The van der Waals surface area contributed by atoms with E-state index < -0.39 is 29.4 Å². The molecule has 4 rings (SSSR count). The van der Waals surface area contributed by atoms with Crippen molar-refractivity contribution in [3.05, 3.63) is 80.4 Å². The number of carbonyl (C=O) groups excluding carboxylic acids is 3. The Morgan fingerprint density at radius 3 is 2.49 bits per heavy atom. The molecule has 2 heterocycles. The van der Waals surface area contributed by atoms with Crippen molar-refractivity contribution in [3.63, 3.8) is 0 Å². The lowest BCUT2D eigenvalue weighted by atomic mass is 10.1. The van der Waals surface area contributed by atoms with E-state index in [4.69, 9.17) is 12.2 Å². The number of hydrogen-bond donors (Lipinski definition) is 3. The Labute approximate surface area is 234 Å². The molecule has 1 saturated heterocycles. The van der Waals surface area contributed by atoms with Crippen molar-refractivity contribution in [2.75, 3.05) is 18.9 Å². The largest absolute Gasteiger partial charge is 0.478 e. The number of hydrogen-bond acceptors (Lipinski definition) is 7. The van der Waals surface area contributed by atoms with Crippen molar-refractivity contribution >= 4 is 75.1 Å². The van der Waals surface area contributed by atoms with Gasteiger partial charge >= 0.3 is 5.97 Å². The van der Waals surface area contributed by atoms with Crippen LogP contribution >= 0.6 is 35.3 Å². The molecule has 0 atom stereocenters.